The predicted octanol–water partition coefficient (Wildman–Crippen LogP) is 2.34. The van der Waals surface area contributed by atoms with Crippen LogP contribution < -0.4 is 5.32 Å². The van der Waals surface area contributed by atoms with E-state index in [0.717, 1.165) is 29.8 Å². The molecule has 1 fully saturated rings. The average Bonchev–Trinajstić information content (AvgIpc) is 3.08. The molecule has 5 heteroatoms. The van der Waals surface area contributed by atoms with Gasteiger partial charge < -0.3 is 10.2 Å². The molecule has 0 spiro atoms. The first kappa shape index (κ1) is 14.8. The molecule has 2 atom stereocenters. The number of rotatable bonds is 7. The minimum Gasteiger partial charge on any atom is -0.311 e. The fourth-order valence-corrected chi connectivity index (χ4v) is 2.61. The summed E-state index contributed by atoms with van der Waals surface area (Å²) in [7, 11) is 4.15. The summed E-state index contributed by atoms with van der Waals surface area (Å²) in [4.78, 5) is 2.16. The van der Waals surface area contributed by atoms with Crippen LogP contribution in [-0.4, -0.2) is 47.4 Å². The van der Waals surface area contributed by atoms with Gasteiger partial charge in [0, 0.05) is 24.5 Å². The monoisotopic (exact) mass is 284 g/mol. The molecule has 4 nitrogen and oxygen atoms in total. The molecule has 1 aromatic heterocycles. The van der Waals surface area contributed by atoms with E-state index in [0.29, 0.717) is 12.0 Å². The van der Waals surface area contributed by atoms with E-state index in [1.165, 1.54) is 12.8 Å². The Morgan fingerprint density at radius 3 is 2.74 bits per heavy atom. The lowest BCUT2D eigenvalue weighted by Crippen LogP contribution is -2.34. The van der Waals surface area contributed by atoms with Crippen molar-refractivity contribution in [1.82, 2.24) is 20.0 Å². The van der Waals surface area contributed by atoms with Crippen LogP contribution in [0.25, 0.3) is 0 Å². The first-order chi connectivity index (χ1) is 8.99. The summed E-state index contributed by atoms with van der Waals surface area (Å²) < 4.78 is 2.05. The van der Waals surface area contributed by atoms with Crippen LogP contribution in [-0.2, 0) is 6.54 Å². The Morgan fingerprint density at radius 2 is 2.16 bits per heavy atom. The highest BCUT2D eigenvalue weighted by Crippen LogP contribution is 2.29. The van der Waals surface area contributed by atoms with Gasteiger partial charge in [-0.25, -0.2) is 0 Å². The van der Waals surface area contributed by atoms with Crippen molar-refractivity contribution in [2.45, 2.75) is 51.2 Å². The molecular weight excluding hydrogens is 260 g/mol. The molecule has 1 heterocycles. The molecule has 1 aliphatic rings. The number of halogens is 1. The second-order valence-corrected chi connectivity index (χ2v) is 6.33. The molecule has 19 heavy (non-hydrogen) atoms. The topological polar surface area (TPSA) is 33.1 Å². The van der Waals surface area contributed by atoms with Gasteiger partial charge in [0.25, 0.3) is 0 Å². The van der Waals surface area contributed by atoms with E-state index in [1.54, 1.807) is 6.20 Å². The summed E-state index contributed by atoms with van der Waals surface area (Å²) >= 11 is 6.33. The van der Waals surface area contributed by atoms with E-state index >= 15 is 0 Å². The lowest BCUT2D eigenvalue weighted by Gasteiger charge is -2.23. The van der Waals surface area contributed by atoms with Crippen LogP contribution in [0.5, 0.6) is 0 Å². The van der Waals surface area contributed by atoms with Gasteiger partial charge in [0.15, 0.2) is 0 Å². The minimum absolute atomic E-state index is 0.373. The van der Waals surface area contributed by atoms with E-state index < -0.39 is 0 Å². The lowest BCUT2D eigenvalue weighted by molar-refractivity contribution is 0.361. The van der Waals surface area contributed by atoms with Crippen LogP contribution in [0.1, 0.15) is 38.3 Å². The third kappa shape index (κ3) is 3.94. The zero-order chi connectivity index (χ0) is 14.0. The van der Waals surface area contributed by atoms with Crippen molar-refractivity contribution in [2.24, 2.45) is 0 Å². The molecule has 1 aromatic rings. The molecule has 2 rings (SSSR count). The molecule has 108 valence electrons. The van der Waals surface area contributed by atoms with Gasteiger partial charge in [0.2, 0.25) is 0 Å². The number of hydrogen-bond donors (Lipinski definition) is 1. The number of nitrogens with zero attached hydrogens (tertiary/aromatic N) is 3. The van der Waals surface area contributed by atoms with Crippen molar-refractivity contribution in [3.8, 4) is 0 Å². The standard InChI is InChI=1S/C14H25ClN4/c1-10(11(2)17-12-5-6-12)14-13(15)9-16-19(14)8-7-18(3)4/h9-12,17H,5-8H2,1-4H3. The fraction of sp³-hybridized carbons (Fsp3) is 0.786. The maximum atomic E-state index is 6.33. The highest BCUT2D eigenvalue weighted by atomic mass is 35.5. The third-order valence-electron chi connectivity index (χ3n) is 3.85. The summed E-state index contributed by atoms with van der Waals surface area (Å²) in [5, 5.41) is 8.85. The molecule has 0 bridgehead atoms. The van der Waals surface area contributed by atoms with E-state index in [2.05, 4.69) is 47.9 Å². The smallest absolute Gasteiger partial charge is 0.0821 e. The first-order valence-corrected chi connectivity index (χ1v) is 7.48. The molecule has 0 saturated heterocycles. The Kier molecular flexibility index (Phi) is 4.87. The molecule has 1 saturated carbocycles. The van der Waals surface area contributed by atoms with Gasteiger partial charge in [-0.3, -0.25) is 4.68 Å². The van der Waals surface area contributed by atoms with Gasteiger partial charge in [-0.1, -0.05) is 18.5 Å². The molecule has 0 radical (unpaired) electrons. The van der Waals surface area contributed by atoms with Crippen molar-refractivity contribution in [3.63, 3.8) is 0 Å². The van der Waals surface area contributed by atoms with Crippen LogP contribution in [0.15, 0.2) is 6.20 Å². The molecule has 0 aliphatic heterocycles. The van der Waals surface area contributed by atoms with Crippen LogP contribution in [0, 0.1) is 0 Å². The van der Waals surface area contributed by atoms with E-state index in [9.17, 15) is 0 Å². The second-order valence-electron chi connectivity index (χ2n) is 5.92. The number of likely N-dealkylation sites (N-methyl/N-ethyl adjacent to an activating group) is 1. The summed E-state index contributed by atoms with van der Waals surface area (Å²) in [6.07, 6.45) is 4.39. The van der Waals surface area contributed by atoms with Crippen molar-refractivity contribution >= 4 is 11.6 Å². The molecule has 0 aromatic carbocycles. The van der Waals surface area contributed by atoms with Crippen LogP contribution in [0.2, 0.25) is 5.02 Å². The van der Waals surface area contributed by atoms with Gasteiger partial charge in [-0.2, -0.15) is 5.10 Å². The molecule has 1 N–H and O–H groups in total. The highest BCUT2D eigenvalue weighted by Gasteiger charge is 2.28. The van der Waals surface area contributed by atoms with Crippen LogP contribution in [0.3, 0.4) is 0 Å². The lowest BCUT2D eigenvalue weighted by atomic mass is 9.99. The van der Waals surface area contributed by atoms with E-state index in [-0.39, 0.29) is 0 Å². The molecule has 2 unspecified atom stereocenters. The number of aromatic nitrogens is 2. The Balaban J connectivity index is 2.05. The maximum Gasteiger partial charge on any atom is 0.0821 e. The highest BCUT2D eigenvalue weighted by molar-refractivity contribution is 6.31. The fourth-order valence-electron chi connectivity index (χ4n) is 2.30. The van der Waals surface area contributed by atoms with Crippen molar-refractivity contribution in [2.75, 3.05) is 20.6 Å². The predicted molar refractivity (Wildman–Crippen MR) is 79.8 cm³/mol. The molecule has 0 amide bonds. The quantitative estimate of drug-likeness (QED) is 0.834. The van der Waals surface area contributed by atoms with E-state index in [4.69, 9.17) is 11.6 Å². The van der Waals surface area contributed by atoms with Gasteiger partial charge in [-0.05, 0) is 33.9 Å². The van der Waals surface area contributed by atoms with Crippen LogP contribution >= 0.6 is 11.6 Å². The average molecular weight is 285 g/mol. The summed E-state index contributed by atoms with van der Waals surface area (Å²) in [6, 6.07) is 1.15. The van der Waals surface area contributed by atoms with Crippen molar-refractivity contribution in [1.29, 1.82) is 0 Å². The Bertz CT molecular complexity index is 412. The SMILES string of the molecule is CC(NC1CC1)C(C)c1c(Cl)cnn1CCN(C)C. The second kappa shape index (κ2) is 6.25. The molecular formula is C14H25ClN4. The van der Waals surface area contributed by atoms with Gasteiger partial charge in [-0.15, -0.1) is 0 Å². The zero-order valence-corrected chi connectivity index (χ0v) is 13.1. The van der Waals surface area contributed by atoms with E-state index in [1.807, 2.05) is 0 Å². The number of hydrogen-bond acceptors (Lipinski definition) is 3. The van der Waals surface area contributed by atoms with Crippen molar-refractivity contribution < 1.29 is 0 Å². The van der Waals surface area contributed by atoms with Crippen molar-refractivity contribution in [3.05, 3.63) is 16.9 Å². The third-order valence-corrected chi connectivity index (χ3v) is 4.14. The minimum atomic E-state index is 0.373. The summed E-state index contributed by atoms with van der Waals surface area (Å²) in [6.45, 7) is 6.33. The first-order valence-electron chi connectivity index (χ1n) is 7.11. The maximum absolute atomic E-state index is 6.33. The largest absolute Gasteiger partial charge is 0.311 e. The Morgan fingerprint density at radius 1 is 1.47 bits per heavy atom. The molecule has 1 aliphatic carbocycles. The normalized spacial score (nSPS) is 18.8. The van der Waals surface area contributed by atoms with Gasteiger partial charge in [0.05, 0.1) is 23.5 Å². The Hall–Kier alpha value is -0.580. The zero-order valence-electron chi connectivity index (χ0n) is 12.4. The summed E-state index contributed by atoms with van der Waals surface area (Å²) in [5.41, 5.74) is 1.16. The van der Waals surface area contributed by atoms with Gasteiger partial charge in [0.1, 0.15) is 0 Å². The van der Waals surface area contributed by atoms with Gasteiger partial charge >= 0.3 is 0 Å². The Labute approximate surface area is 121 Å². The number of nitrogens with one attached hydrogen (secondary N) is 1. The summed E-state index contributed by atoms with van der Waals surface area (Å²) in [5.74, 6) is 0.373. The van der Waals surface area contributed by atoms with Crippen LogP contribution in [0.4, 0.5) is 0 Å².